The highest BCUT2D eigenvalue weighted by atomic mass is 32.2. The Bertz CT molecular complexity index is 393. The fourth-order valence-electron chi connectivity index (χ4n) is 1.82. The van der Waals surface area contributed by atoms with Gasteiger partial charge in [0, 0.05) is 18.7 Å². The summed E-state index contributed by atoms with van der Waals surface area (Å²) in [5.74, 6) is 1.22. The Kier molecular flexibility index (Phi) is 7.75. The highest BCUT2D eigenvalue weighted by Gasteiger charge is 2.08. The van der Waals surface area contributed by atoms with Crippen LogP contribution in [0.3, 0.4) is 0 Å². The Hall–Kier alpha value is -0.870. The molecule has 0 unspecified atom stereocenters. The Balaban J connectivity index is 2.24. The summed E-state index contributed by atoms with van der Waals surface area (Å²) in [6.45, 7) is 7.36. The van der Waals surface area contributed by atoms with Crippen LogP contribution in [0.25, 0.3) is 0 Å². The molecule has 0 saturated carbocycles. The maximum atomic E-state index is 13.4. The average Bonchev–Trinajstić information content (AvgIpc) is 2.42. The molecule has 0 radical (unpaired) electrons. The molecule has 1 aromatic carbocycles. The summed E-state index contributed by atoms with van der Waals surface area (Å²) < 4.78 is 13.4. The van der Waals surface area contributed by atoms with Gasteiger partial charge in [-0.3, -0.25) is 4.79 Å². The van der Waals surface area contributed by atoms with Crippen LogP contribution < -0.4 is 0 Å². The van der Waals surface area contributed by atoms with E-state index in [0.29, 0.717) is 11.3 Å². The number of nitrogens with zero attached hydrogens (tertiary/aromatic N) is 1. The molecular weight excluding hydrogens is 261 g/mol. The summed E-state index contributed by atoms with van der Waals surface area (Å²) in [6.07, 6.45) is 0.199. The molecule has 19 heavy (non-hydrogen) atoms. The van der Waals surface area contributed by atoms with E-state index in [1.807, 2.05) is 0 Å². The van der Waals surface area contributed by atoms with E-state index in [1.54, 1.807) is 30.0 Å². The molecule has 0 spiro atoms. The third-order valence-electron chi connectivity index (χ3n) is 3.05. The molecule has 1 rings (SSSR count). The number of thioether (sulfide) groups is 1. The van der Waals surface area contributed by atoms with Crippen LogP contribution >= 0.6 is 11.8 Å². The van der Waals surface area contributed by atoms with Crippen molar-refractivity contribution < 1.29 is 9.18 Å². The normalized spacial score (nSPS) is 10.9. The van der Waals surface area contributed by atoms with Gasteiger partial charge in [-0.1, -0.05) is 32.0 Å². The van der Waals surface area contributed by atoms with Gasteiger partial charge >= 0.3 is 0 Å². The van der Waals surface area contributed by atoms with E-state index < -0.39 is 0 Å². The quantitative estimate of drug-likeness (QED) is 0.650. The number of rotatable bonds is 9. The van der Waals surface area contributed by atoms with E-state index >= 15 is 0 Å². The van der Waals surface area contributed by atoms with Crippen molar-refractivity contribution >= 4 is 17.5 Å². The lowest BCUT2D eigenvalue weighted by Crippen LogP contribution is -2.25. The molecule has 0 atom stereocenters. The van der Waals surface area contributed by atoms with Crippen LogP contribution in [0.4, 0.5) is 4.39 Å². The SMILES string of the molecule is CCN(CC)CCSCC(=O)Cc1ccccc1F. The largest absolute Gasteiger partial charge is 0.303 e. The molecule has 0 aliphatic rings. The minimum absolute atomic E-state index is 0.0923. The van der Waals surface area contributed by atoms with Gasteiger partial charge in [0.25, 0.3) is 0 Å². The number of carbonyl (C=O) groups is 1. The molecule has 0 bridgehead atoms. The second-order valence-electron chi connectivity index (χ2n) is 4.39. The van der Waals surface area contributed by atoms with Gasteiger partial charge in [0.05, 0.1) is 5.75 Å². The smallest absolute Gasteiger partial charge is 0.147 e. The first-order valence-electron chi connectivity index (χ1n) is 6.72. The number of ketones is 1. The van der Waals surface area contributed by atoms with Crippen LogP contribution in [0.5, 0.6) is 0 Å². The fraction of sp³-hybridized carbons (Fsp3) is 0.533. The van der Waals surface area contributed by atoms with E-state index in [-0.39, 0.29) is 18.0 Å². The number of carbonyl (C=O) groups excluding carboxylic acids is 1. The molecule has 0 N–H and O–H groups in total. The zero-order valence-electron chi connectivity index (χ0n) is 11.7. The zero-order chi connectivity index (χ0) is 14.1. The van der Waals surface area contributed by atoms with Crippen LogP contribution in [-0.2, 0) is 11.2 Å². The molecule has 2 nitrogen and oxygen atoms in total. The van der Waals surface area contributed by atoms with E-state index in [9.17, 15) is 9.18 Å². The van der Waals surface area contributed by atoms with Crippen molar-refractivity contribution in [3.8, 4) is 0 Å². The van der Waals surface area contributed by atoms with Gasteiger partial charge in [-0.25, -0.2) is 4.39 Å². The lowest BCUT2D eigenvalue weighted by atomic mass is 10.1. The predicted octanol–water partition coefficient (Wildman–Crippen LogP) is 3.01. The van der Waals surface area contributed by atoms with Gasteiger partial charge < -0.3 is 4.90 Å². The van der Waals surface area contributed by atoms with Crippen LogP contribution in [0, 0.1) is 5.82 Å². The highest BCUT2D eigenvalue weighted by molar-refractivity contribution is 7.99. The molecule has 0 aromatic heterocycles. The molecule has 0 aliphatic heterocycles. The van der Waals surface area contributed by atoms with Crippen molar-refractivity contribution in [3.05, 3.63) is 35.6 Å². The first-order chi connectivity index (χ1) is 9.17. The predicted molar refractivity (Wildman–Crippen MR) is 80.2 cm³/mol. The summed E-state index contributed by atoms with van der Waals surface area (Å²) in [4.78, 5) is 14.1. The minimum atomic E-state index is -0.288. The number of Topliss-reactive ketones (excluding diaryl/α,β-unsaturated/α-hetero) is 1. The lowest BCUT2D eigenvalue weighted by Gasteiger charge is -2.17. The Morgan fingerprint density at radius 3 is 2.58 bits per heavy atom. The molecule has 1 aromatic rings. The summed E-state index contributed by atoms with van der Waals surface area (Å²) in [7, 11) is 0. The maximum Gasteiger partial charge on any atom is 0.147 e. The van der Waals surface area contributed by atoms with Crippen LogP contribution in [0.1, 0.15) is 19.4 Å². The zero-order valence-corrected chi connectivity index (χ0v) is 12.5. The van der Waals surface area contributed by atoms with Crippen LogP contribution in [0.2, 0.25) is 0 Å². The Morgan fingerprint density at radius 2 is 1.95 bits per heavy atom. The molecule has 0 amide bonds. The monoisotopic (exact) mass is 283 g/mol. The number of halogens is 1. The van der Waals surface area contributed by atoms with Crippen molar-refractivity contribution in [1.29, 1.82) is 0 Å². The maximum absolute atomic E-state index is 13.4. The van der Waals surface area contributed by atoms with Crippen LogP contribution in [-0.4, -0.2) is 41.8 Å². The average molecular weight is 283 g/mol. The molecule has 0 saturated heterocycles. The van der Waals surface area contributed by atoms with Gasteiger partial charge in [0.2, 0.25) is 0 Å². The standard InChI is InChI=1S/C15H22FNOS/c1-3-17(4-2)9-10-19-12-14(18)11-13-7-5-6-8-15(13)16/h5-8H,3-4,9-12H2,1-2H3. The van der Waals surface area contributed by atoms with Gasteiger partial charge in [0.1, 0.15) is 11.6 Å². The van der Waals surface area contributed by atoms with Gasteiger partial charge in [0.15, 0.2) is 0 Å². The second kappa shape index (κ2) is 9.10. The van der Waals surface area contributed by atoms with E-state index in [2.05, 4.69) is 18.7 Å². The summed E-state index contributed by atoms with van der Waals surface area (Å²) >= 11 is 1.63. The molecule has 106 valence electrons. The van der Waals surface area contributed by atoms with Gasteiger partial charge in [-0.15, -0.1) is 0 Å². The minimum Gasteiger partial charge on any atom is -0.303 e. The third-order valence-corrected chi connectivity index (χ3v) is 4.05. The van der Waals surface area contributed by atoms with Crippen LogP contribution in [0.15, 0.2) is 24.3 Å². The van der Waals surface area contributed by atoms with Crippen molar-refractivity contribution in [2.24, 2.45) is 0 Å². The van der Waals surface area contributed by atoms with Crippen molar-refractivity contribution in [1.82, 2.24) is 4.90 Å². The molecule has 4 heteroatoms. The van der Waals surface area contributed by atoms with Gasteiger partial charge in [-0.2, -0.15) is 11.8 Å². The first kappa shape index (κ1) is 16.2. The number of benzene rings is 1. The molecule has 0 fully saturated rings. The summed E-state index contributed by atoms with van der Waals surface area (Å²) in [6, 6.07) is 6.48. The third kappa shape index (κ3) is 6.21. The van der Waals surface area contributed by atoms with E-state index in [4.69, 9.17) is 0 Å². The molecular formula is C15H22FNOS. The van der Waals surface area contributed by atoms with E-state index in [1.165, 1.54) is 6.07 Å². The topological polar surface area (TPSA) is 20.3 Å². The second-order valence-corrected chi connectivity index (χ2v) is 5.49. The Labute approximate surface area is 119 Å². The summed E-state index contributed by atoms with van der Waals surface area (Å²) in [5.41, 5.74) is 0.497. The first-order valence-corrected chi connectivity index (χ1v) is 7.88. The van der Waals surface area contributed by atoms with Crippen molar-refractivity contribution in [2.75, 3.05) is 31.1 Å². The lowest BCUT2D eigenvalue weighted by molar-refractivity contribution is -0.116. The number of hydrogen-bond donors (Lipinski definition) is 0. The fourth-order valence-corrected chi connectivity index (χ4v) is 2.69. The molecule has 0 aliphatic carbocycles. The highest BCUT2D eigenvalue weighted by Crippen LogP contribution is 2.10. The molecule has 0 heterocycles. The Morgan fingerprint density at radius 1 is 1.26 bits per heavy atom. The van der Waals surface area contributed by atoms with Crippen molar-refractivity contribution in [2.45, 2.75) is 20.3 Å². The van der Waals surface area contributed by atoms with E-state index in [0.717, 1.165) is 25.4 Å². The van der Waals surface area contributed by atoms with Gasteiger partial charge in [-0.05, 0) is 24.7 Å². The summed E-state index contributed by atoms with van der Waals surface area (Å²) in [5, 5.41) is 0. The van der Waals surface area contributed by atoms with Crippen molar-refractivity contribution in [3.63, 3.8) is 0 Å². The number of hydrogen-bond acceptors (Lipinski definition) is 3.